The Kier molecular flexibility index (Phi) is 3.26. The highest BCUT2D eigenvalue weighted by molar-refractivity contribution is 7.80. The standard InChI is InChI=1S/C11H16OS/c1-4-11(2,3)12-9-5-7-10(13)8-6-9/h5-8,13H,4H2,1-3H3. The molecule has 0 spiro atoms. The van der Waals surface area contributed by atoms with Crippen molar-refractivity contribution in [3.8, 4) is 5.75 Å². The summed E-state index contributed by atoms with van der Waals surface area (Å²) in [5.74, 6) is 0.907. The fourth-order valence-corrected chi connectivity index (χ4v) is 1.05. The van der Waals surface area contributed by atoms with Crippen LogP contribution in [0.1, 0.15) is 27.2 Å². The third kappa shape index (κ3) is 3.31. The molecule has 0 bridgehead atoms. The number of hydrogen-bond donors (Lipinski definition) is 1. The molecule has 72 valence electrons. The van der Waals surface area contributed by atoms with Gasteiger partial charge in [0.15, 0.2) is 0 Å². The lowest BCUT2D eigenvalue weighted by molar-refractivity contribution is 0.105. The first-order chi connectivity index (χ1) is 6.03. The molecule has 13 heavy (non-hydrogen) atoms. The number of benzene rings is 1. The quantitative estimate of drug-likeness (QED) is 0.727. The van der Waals surface area contributed by atoms with Gasteiger partial charge in [0.05, 0.1) is 0 Å². The summed E-state index contributed by atoms with van der Waals surface area (Å²) in [7, 11) is 0. The first kappa shape index (κ1) is 10.5. The summed E-state index contributed by atoms with van der Waals surface area (Å²) in [6.07, 6.45) is 0.996. The van der Waals surface area contributed by atoms with Crippen molar-refractivity contribution in [2.75, 3.05) is 0 Å². The molecule has 0 aliphatic rings. The molecule has 0 saturated heterocycles. The van der Waals surface area contributed by atoms with E-state index in [1.165, 1.54) is 0 Å². The van der Waals surface area contributed by atoms with Crippen molar-refractivity contribution in [1.29, 1.82) is 0 Å². The van der Waals surface area contributed by atoms with Crippen molar-refractivity contribution in [2.45, 2.75) is 37.7 Å². The minimum absolute atomic E-state index is 0.0852. The highest BCUT2D eigenvalue weighted by Crippen LogP contribution is 2.21. The molecule has 0 unspecified atom stereocenters. The van der Waals surface area contributed by atoms with Gasteiger partial charge in [-0.25, -0.2) is 0 Å². The highest BCUT2D eigenvalue weighted by Gasteiger charge is 2.16. The van der Waals surface area contributed by atoms with Gasteiger partial charge in [-0.2, -0.15) is 0 Å². The largest absolute Gasteiger partial charge is 0.488 e. The maximum Gasteiger partial charge on any atom is 0.120 e. The third-order valence-corrected chi connectivity index (χ3v) is 2.38. The van der Waals surface area contributed by atoms with Gasteiger partial charge in [-0.3, -0.25) is 0 Å². The summed E-state index contributed by atoms with van der Waals surface area (Å²) in [4.78, 5) is 0.960. The Morgan fingerprint density at radius 2 is 1.77 bits per heavy atom. The number of ether oxygens (including phenoxy) is 1. The van der Waals surface area contributed by atoms with Crippen LogP contribution in [0.15, 0.2) is 29.2 Å². The van der Waals surface area contributed by atoms with Crippen LogP contribution in [-0.2, 0) is 0 Å². The van der Waals surface area contributed by atoms with Gasteiger partial charge < -0.3 is 4.74 Å². The summed E-state index contributed by atoms with van der Waals surface area (Å²) in [6, 6.07) is 7.76. The van der Waals surface area contributed by atoms with Gasteiger partial charge in [-0.05, 0) is 44.5 Å². The molecule has 0 fully saturated rings. The summed E-state index contributed by atoms with van der Waals surface area (Å²) in [6.45, 7) is 6.29. The van der Waals surface area contributed by atoms with Crippen LogP contribution in [0.2, 0.25) is 0 Å². The van der Waals surface area contributed by atoms with E-state index in [0.717, 1.165) is 17.1 Å². The van der Waals surface area contributed by atoms with Crippen molar-refractivity contribution < 1.29 is 4.74 Å². The van der Waals surface area contributed by atoms with Crippen LogP contribution in [0, 0.1) is 0 Å². The van der Waals surface area contributed by atoms with Gasteiger partial charge in [0.2, 0.25) is 0 Å². The van der Waals surface area contributed by atoms with Gasteiger partial charge >= 0.3 is 0 Å². The van der Waals surface area contributed by atoms with Crippen LogP contribution in [0.5, 0.6) is 5.75 Å². The molecular weight excluding hydrogens is 180 g/mol. The van der Waals surface area contributed by atoms with E-state index in [0.29, 0.717) is 0 Å². The fraction of sp³-hybridized carbons (Fsp3) is 0.455. The third-order valence-electron chi connectivity index (χ3n) is 2.08. The van der Waals surface area contributed by atoms with Crippen LogP contribution < -0.4 is 4.74 Å². The second-order valence-electron chi connectivity index (χ2n) is 3.71. The smallest absolute Gasteiger partial charge is 0.120 e. The molecule has 0 radical (unpaired) electrons. The van der Waals surface area contributed by atoms with E-state index in [1.54, 1.807) is 0 Å². The predicted octanol–water partition coefficient (Wildman–Crippen LogP) is 3.54. The van der Waals surface area contributed by atoms with E-state index < -0.39 is 0 Å². The Balaban J connectivity index is 2.69. The maximum atomic E-state index is 5.77. The van der Waals surface area contributed by atoms with Gasteiger partial charge in [-0.1, -0.05) is 6.92 Å². The Morgan fingerprint density at radius 1 is 1.23 bits per heavy atom. The first-order valence-corrected chi connectivity index (χ1v) is 4.96. The maximum absolute atomic E-state index is 5.77. The molecule has 0 amide bonds. The van der Waals surface area contributed by atoms with E-state index in [-0.39, 0.29) is 5.60 Å². The van der Waals surface area contributed by atoms with Gasteiger partial charge in [0.25, 0.3) is 0 Å². The zero-order valence-electron chi connectivity index (χ0n) is 8.37. The molecule has 2 heteroatoms. The Hall–Kier alpha value is -0.630. The molecule has 0 aromatic heterocycles. The number of rotatable bonds is 3. The molecule has 0 aliphatic heterocycles. The molecule has 1 nitrogen and oxygen atoms in total. The number of thiol groups is 1. The van der Waals surface area contributed by atoms with Crippen molar-refractivity contribution in [2.24, 2.45) is 0 Å². The van der Waals surface area contributed by atoms with Crippen LogP contribution in [-0.4, -0.2) is 5.60 Å². The fourth-order valence-electron chi connectivity index (χ4n) is 0.905. The van der Waals surface area contributed by atoms with Gasteiger partial charge in [-0.15, -0.1) is 12.6 Å². The van der Waals surface area contributed by atoms with Crippen LogP contribution >= 0.6 is 12.6 Å². The molecule has 1 rings (SSSR count). The van der Waals surface area contributed by atoms with Gasteiger partial charge in [0.1, 0.15) is 11.4 Å². The molecule has 1 aromatic rings. The number of hydrogen-bond acceptors (Lipinski definition) is 2. The van der Waals surface area contributed by atoms with Crippen molar-refractivity contribution in [3.05, 3.63) is 24.3 Å². The normalized spacial score (nSPS) is 11.4. The lowest BCUT2D eigenvalue weighted by atomic mass is 10.1. The van der Waals surface area contributed by atoms with Crippen LogP contribution in [0.3, 0.4) is 0 Å². The lowest BCUT2D eigenvalue weighted by Gasteiger charge is -2.24. The second-order valence-corrected chi connectivity index (χ2v) is 4.23. The van der Waals surface area contributed by atoms with E-state index in [2.05, 4.69) is 33.4 Å². The zero-order valence-corrected chi connectivity index (χ0v) is 9.27. The average molecular weight is 196 g/mol. The molecule has 0 atom stereocenters. The molecule has 0 aliphatic carbocycles. The minimum atomic E-state index is -0.0852. The zero-order chi connectivity index (χ0) is 9.90. The van der Waals surface area contributed by atoms with E-state index >= 15 is 0 Å². The van der Waals surface area contributed by atoms with Crippen molar-refractivity contribution in [3.63, 3.8) is 0 Å². The van der Waals surface area contributed by atoms with E-state index in [9.17, 15) is 0 Å². The summed E-state index contributed by atoms with van der Waals surface area (Å²) in [5.41, 5.74) is -0.0852. The van der Waals surface area contributed by atoms with Gasteiger partial charge in [0, 0.05) is 4.90 Å². The minimum Gasteiger partial charge on any atom is -0.488 e. The molecular formula is C11H16OS. The van der Waals surface area contributed by atoms with Crippen molar-refractivity contribution in [1.82, 2.24) is 0 Å². The first-order valence-electron chi connectivity index (χ1n) is 4.51. The SMILES string of the molecule is CCC(C)(C)Oc1ccc(S)cc1. The summed E-state index contributed by atoms with van der Waals surface area (Å²) >= 11 is 4.21. The molecule has 0 saturated carbocycles. The Labute approximate surface area is 85.5 Å². The topological polar surface area (TPSA) is 9.23 Å². The van der Waals surface area contributed by atoms with E-state index in [4.69, 9.17) is 4.74 Å². The second kappa shape index (κ2) is 4.05. The van der Waals surface area contributed by atoms with Crippen molar-refractivity contribution >= 4 is 12.6 Å². The lowest BCUT2D eigenvalue weighted by Crippen LogP contribution is -2.26. The monoisotopic (exact) mass is 196 g/mol. The molecule has 0 N–H and O–H groups in total. The molecule has 0 heterocycles. The summed E-state index contributed by atoms with van der Waals surface area (Å²) in [5, 5.41) is 0. The van der Waals surface area contributed by atoms with Crippen LogP contribution in [0.25, 0.3) is 0 Å². The van der Waals surface area contributed by atoms with Crippen LogP contribution in [0.4, 0.5) is 0 Å². The predicted molar refractivity (Wildman–Crippen MR) is 58.7 cm³/mol. The molecule has 1 aromatic carbocycles. The Bertz CT molecular complexity index is 264. The van der Waals surface area contributed by atoms with E-state index in [1.807, 2.05) is 24.3 Å². The highest BCUT2D eigenvalue weighted by atomic mass is 32.1. The Morgan fingerprint density at radius 3 is 2.23 bits per heavy atom. The average Bonchev–Trinajstić information content (AvgIpc) is 2.09. The summed E-state index contributed by atoms with van der Waals surface area (Å²) < 4.78 is 5.77.